The lowest BCUT2D eigenvalue weighted by molar-refractivity contribution is -0.148. The molecule has 1 amide bonds. The van der Waals surface area contributed by atoms with Crippen molar-refractivity contribution in [3.05, 3.63) is 70.7 Å². The minimum absolute atomic E-state index is 0.111. The number of esters is 1. The summed E-state index contributed by atoms with van der Waals surface area (Å²) in [5.41, 5.74) is 1.23. The molecule has 2 aromatic rings. The maximum absolute atomic E-state index is 12.4. The molecule has 0 bridgehead atoms. The van der Waals surface area contributed by atoms with E-state index in [1.807, 2.05) is 44.2 Å². The standard InChI is InChI=1S/C19H20ClNO3/c1-13(2)17(19(23)24-12-14-8-4-3-5-9-14)21-18(22)15-10-6-7-11-16(15)20/h3-11,13,17H,12H2,1-2H3,(H,21,22)/t17-/m0/s1. The van der Waals surface area contributed by atoms with Crippen LogP contribution in [0.3, 0.4) is 0 Å². The lowest BCUT2D eigenvalue weighted by Gasteiger charge is -2.21. The molecule has 0 spiro atoms. The van der Waals surface area contributed by atoms with Crippen LogP contribution in [0.4, 0.5) is 0 Å². The van der Waals surface area contributed by atoms with E-state index in [0.717, 1.165) is 5.56 Å². The lowest BCUT2D eigenvalue weighted by atomic mass is 10.0. The van der Waals surface area contributed by atoms with Crippen LogP contribution in [-0.2, 0) is 16.1 Å². The summed E-state index contributed by atoms with van der Waals surface area (Å²) in [6.07, 6.45) is 0. The Morgan fingerprint density at radius 1 is 1.04 bits per heavy atom. The Morgan fingerprint density at radius 3 is 2.29 bits per heavy atom. The first kappa shape index (κ1) is 18.0. The summed E-state index contributed by atoms with van der Waals surface area (Å²) in [5, 5.41) is 3.05. The summed E-state index contributed by atoms with van der Waals surface area (Å²) in [6, 6.07) is 15.4. The van der Waals surface area contributed by atoms with E-state index in [-0.39, 0.29) is 12.5 Å². The van der Waals surface area contributed by atoms with Gasteiger partial charge in [0, 0.05) is 0 Å². The molecule has 0 saturated carbocycles. The molecule has 0 saturated heterocycles. The quantitative estimate of drug-likeness (QED) is 0.809. The molecule has 1 N–H and O–H groups in total. The Hall–Kier alpha value is -2.33. The Morgan fingerprint density at radius 2 is 1.67 bits per heavy atom. The third-order valence-corrected chi connectivity index (χ3v) is 3.88. The molecule has 2 aromatic carbocycles. The van der Waals surface area contributed by atoms with Crippen molar-refractivity contribution in [2.45, 2.75) is 26.5 Å². The summed E-state index contributed by atoms with van der Waals surface area (Å²) in [4.78, 5) is 24.7. The third kappa shape index (κ3) is 4.83. The van der Waals surface area contributed by atoms with Crippen LogP contribution in [0.2, 0.25) is 5.02 Å². The predicted molar refractivity (Wildman–Crippen MR) is 93.8 cm³/mol. The Bertz CT molecular complexity index is 701. The van der Waals surface area contributed by atoms with Crippen LogP contribution >= 0.6 is 11.6 Å². The lowest BCUT2D eigenvalue weighted by Crippen LogP contribution is -2.45. The first-order valence-corrected chi connectivity index (χ1v) is 8.12. The number of carbonyl (C=O) groups excluding carboxylic acids is 2. The van der Waals surface area contributed by atoms with Crippen molar-refractivity contribution >= 4 is 23.5 Å². The van der Waals surface area contributed by atoms with Crippen molar-refractivity contribution in [3.8, 4) is 0 Å². The minimum Gasteiger partial charge on any atom is -0.459 e. The Labute approximate surface area is 146 Å². The average molecular weight is 346 g/mol. The zero-order valence-electron chi connectivity index (χ0n) is 13.7. The average Bonchev–Trinajstić information content (AvgIpc) is 2.58. The van der Waals surface area contributed by atoms with Gasteiger partial charge in [0.25, 0.3) is 5.91 Å². The van der Waals surface area contributed by atoms with Crippen LogP contribution in [0, 0.1) is 5.92 Å². The summed E-state index contributed by atoms with van der Waals surface area (Å²) < 4.78 is 5.33. The van der Waals surface area contributed by atoms with Gasteiger partial charge in [0.2, 0.25) is 0 Å². The van der Waals surface area contributed by atoms with Crippen LogP contribution in [0.15, 0.2) is 54.6 Å². The van der Waals surface area contributed by atoms with E-state index in [0.29, 0.717) is 10.6 Å². The predicted octanol–water partition coefficient (Wildman–Crippen LogP) is 3.84. The van der Waals surface area contributed by atoms with Crippen molar-refractivity contribution in [3.63, 3.8) is 0 Å². The molecule has 0 fully saturated rings. The molecule has 0 aliphatic rings. The van der Waals surface area contributed by atoms with E-state index in [2.05, 4.69) is 5.32 Å². The van der Waals surface area contributed by atoms with Gasteiger partial charge in [-0.05, 0) is 23.6 Å². The van der Waals surface area contributed by atoms with Crippen molar-refractivity contribution < 1.29 is 14.3 Å². The van der Waals surface area contributed by atoms with E-state index in [4.69, 9.17) is 16.3 Å². The number of halogens is 1. The van der Waals surface area contributed by atoms with Gasteiger partial charge in [-0.1, -0.05) is 67.9 Å². The van der Waals surface area contributed by atoms with E-state index in [9.17, 15) is 9.59 Å². The molecule has 0 unspecified atom stereocenters. The van der Waals surface area contributed by atoms with Crippen molar-refractivity contribution in [2.24, 2.45) is 5.92 Å². The highest BCUT2D eigenvalue weighted by molar-refractivity contribution is 6.33. The van der Waals surface area contributed by atoms with Gasteiger partial charge in [-0.25, -0.2) is 4.79 Å². The number of benzene rings is 2. The zero-order valence-corrected chi connectivity index (χ0v) is 14.4. The molecule has 2 rings (SSSR count). The fourth-order valence-electron chi connectivity index (χ4n) is 2.18. The van der Waals surface area contributed by atoms with Crippen LogP contribution in [0.25, 0.3) is 0 Å². The molecule has 0 radical (unpaired) electrons. The molecule has 5 heteroatoms. The van der Waals surface area contributed by atoms with E-state index in [1.165, 1.54) is 0 Å². The second-order valence-electron chi connectivity index (χ2n) is 5.77. The maximum atomic E-state index is 12.4. The van der Waals surface area contributed by atoms with Crippen LogP contribution in [0.1, 0.15) is 29.8 Å². The molecule has 4 nitrogen and oxygen atoms in total. The number of ether oxygens (including phenoxy) is 1. The molecule has 0 heterocycles. The SMILES string of the molecule is CC(C)[C@H](NC(=O)c1ccccc1Cl)C(=O)OCc1ccccc1. The molecule has 0 aromatic heterocycles. The molecular formula is C19H20ClNO3. The molecular weight excluding hydrogens is 326 g/mol. The topological polar surface area (TPSA) is 55.4 Å². The normalized spacial score (nSPS) is 11.8. The monoisotopic (exact) mass is 345 g/mol. The fraction of sp³-hybridized carbons (Fsp3) is 0.263. The Balaban J connectivity index is 2.02. The number of hydrogen-bond acceptors (Lipinski definition) is 3. The number of carbonyl (C=O) groups is 2. The van der Waals surface area contributed by atoms with E-state index >= 15 is 0 Å². The zero-order chi connectivity index (χ0) is 17.5. The van der Waals surface area contributed by atoms with Crippen LogP contribution in [-0.4, -0.2) is 17.9 Å². The van der Waals surface area contributed by atoms with Gasteiger partial charge in [0.1, 0.15) is 12.6 Å². The molecule has 24 heavy (non-hydrogen) atoms. The van der Waals surface area contributed by atoms with Crippen molar-refractivity contribution in [1.82, 2.24) is 5.32 Å². The van der Waals surface area contributed by atoms with Gasteiger partial charge >= 0.3 is 5.97 Å². The first-order valence-electron chi connectivity index (χ1n) is 7.75. The van der Waals surface area contributed by atoms with E-state index < -0.39 is 17.9 Å². The van der Waals surface area contributed by atoms with Gasteiger partial charge in [0.05, 0.1) is 10.6 Å². The molecule has 0 aliphatic heterocycles. The fourth-order valence-corrected chi connectivity index (χ4v) is 2.40. The minimum atomic E-state index is -0.738. The molecule has 126 valence electrons. The number of amides is 1. The van der Waals surface area contributed by atoms with Gasteiger partial charge in [0.15, 0.2) is 0 Å². The summed E-state index contributed by atoms with van der Waals surface area (Å²) in [7, 11) is 0. The summed E-state index contributed by atoms with van der Waals surface area (Å²) >= 11 is 6.03. The van der Waals surface area contributed by atoms with Crippen molar-refractivity contribution in [2.75, 3.05) is 0 Å². The largest absolute Gasteiger partial charge is 0.459 e. The molecule has 0 aliphatic carbocycles. The first-order chi connectivity index (χ1) is 11.5. The number of nitrogens with one attached hydrogen (secondary N) is 1. The van der Waals surface area contributed by atoms with Gasteiger partial charge in [-0.2, -0.15) is 0 Å². The second-order valence-corrected chi connectivity index (χ2v) is 6.18. The smallest absolute Gasteiger partial charge is 0.329 e. The maximum Gasteiger partial charge on any atom is 0.329 e. The van der Waals surface area contributed by atoms with Crippen LogP contribution < -0.4 is 5.32 Å². The number of rotatable bonds is 6. The van der Waals surface area contributed by atoms with Gasteiger partial charge < -0.3 is 10.1 Å². The molecule has 1 atom stereocenters. The van der Waals surface area contributed by atoms with E-state index in [1.54, 1.807) is 24.3 Å². The number of hydrogen-bond donors (Lipinski definition) is 1. The third-order valence-electron chi connectivity index (χ3n) is 3.55. The highest BCUT2D eigenvalue weighted by Gasteiger charge is 2.26. The Kier molecular flexibility index (Phi) is 6.38. The van der Waals surface area contributed by atoms with Gasteiger partial charge in [-0.15, -0.1) is 0 Å². The second kappa shape index (κ2) is 8.50. The highest BCUT2D eigenvalue weighted by atomic mass is 35.5. The summed E-state index contributed by atoms with van der Waals surface area (Å²) in [5.74, 6) is -0.968. The van der Waals surface area contributed by atoms with Crippen molar-refractivity contribution in [1.29, 1.82) is 0 Å². The van der Waals surface area contributed by atoms with Crippen LogP contribution in [0.5, 0.6) is 0 Å². The highest BCUT2D eigenvalue weighted by Crippen LogP contribution is 2.16. The van der Waals surface area contributed by atoms with Gasteiger partial charge in [-0.3, -0.25) is 4.79 Å². The summed E-state index contributed by atoms with van der Waals surface area (Å²) in [6.45, 7) is 3.87.